The summed E-state index contributed by atoms with van der Waals surface area (Å²) in [4.78, 5) is 13.2. The Balaban J connectivity index is 1.65. The van der Waals surface area contributed by atoms with E-state index in [1.807, 2.05) is 0 Å². The van der Waals surface area contributed by atoms with Crippen LogP contribution in [0, 0.1) is 56.7 Å². The Morgan fingerprint density at radius 1 is 1.14 bits per heavy atom. The maximum atomic E-state index is 13.2. The predicted octanol–water partition coefficient (Wildman–Crippen LogP) is 5.16. The highest BCUT2D eigenvalue weighted by molar-refractivity contribution is 5.73. The molecule has 0 aromatic rings. The Hall–Kier alpha value is -0.950. The van der Waals surface area contributed by atoms with E-state index in [0.29, 0.717) is 30.3 Å². The number of carboxylic acid groups (broad SMARTS) is 1. The number of nitrogens with two attached hydrogens (primary N) is 1. The van der Waals surface area contributed by atoms with Crippen LogP contribution in [0.3, 0.4) is 0 Å². The van der Waals surface area contributed by atoms with E-state index in [9.17, 15) is 15.0 Å². The molecule has 3 saturated carbocycles. The summed E-state index contributed by atoms with van der Waals surface area (Å²) in [6.45, 7) is 18.7. The standard InChI is InChI=1S/C31H52N2O4/c1-17(2)18(3)27(5)13-14-29(7)20-9-10-23-28(6)16-37-19(4)31(23,15-22(33-32)25(28)34)21(20)11-12-30(29,8)24(27)26(35)36/h11,17-20,22-25,33-34H,9-10,12-16,32H2,1-8H3,(H,35,36)/t18-,19+,20+,22-,23+,24-,25+,27-,28-,29-,30+,31+/m1/s1. The number of carbonyl (C=O) groups is 1. The first-order chi connectivity index (χ1) is 17.1. The summed E-state index contributed by atoms with van der Waals surface area (Å²) >= 11 is 0. The number of allylic oxidation sites excluding steroid dienone is 1. The predicted molar refractivity (Wildman–Crippen MR) is 145 cm³/mol. The van der Waals surface area contributed by atoms with Gasteiger partial charge in [-0.05, 0) is 85.4 Å². The SMILES string of the molecule is CC(C)[C@@H](C)[C@@]1(C)CC[C@]2(C)[C@H]3CC[C@H]4[C@@]5(C)CO[C@@H](C)[C@@]4(C[C@@H](NN)[C@@H]5O)C3=CC[C@@]2(C)[C@@H]1C(=O)O. The van der Waals surface area contributed by atoms with Gasteiger partial charge in [-0.25, -0.2) is 0 Å². The van der Waals surface area contributed by atoms with Crippen molar-refractivity contribution in [1.82, 2.24) is 5.43 Å². The van der Waals surface area contributed by atoms with Gasteiger partial charge in [0.1, 0.15) is 0 Å². The van der Waals surface area contributed by atoms with Gasteiger partial charge in [0.15, 0.2) is 0 Å². The van der Waals surface area contributed by atoms with Crippen molar-refractivity contribution in [3.05, 3.63) is 11.6 Å². The van der Waals surface area contributed by atoms with E-state index >= 15 is 0 Å². The molecule has 0 aromatic carbocycles. The molecule has 5 rings (SSSR count). The number of hydrogen-bond acceptors (Lipinski definition) is 5. The summed E-state index contributed by atoms with van der Waals surface area (Å²) in [6, 6.07) is -0.179. The first-order valence-corrected chi connectivity index (χ1v) is 14.8. The average Bonchev–Trinajstić information content (AvgIpc) is 2.84. The van der Waals surface area contributed by atoms with Crippen LogP contribution < -0.4 is 11.3 Å². The number of fused-ring (bicyclic) bond motifs is 3. The lowest BCUT2D eigenvalue weighted by molar-refractivity contribution is -0.258. The summed E-state index contributed by atoms with van der Waals surface area (Å²) in [5, 5.41) is 22.2. The zero-order valence-electron chi connectivity index (χ0n) is 24.4. The molecule has 2 bridgehead atoms. The summed E-state index contributed by atoms with van der Waals surface area (Å²) in [7, 11) is 0. The largest absolute Gasteiger partial charge is 0.481 e. The first-order valence-electron chi connectivity index (χ1n) is 14.8. The third kappa shape index (κ3) is 3.22. The van der Waals surface area contributed by atoms with E-state index < -0.39 is 12.1 Å². The average molecular weight is 517 g/mol. The fourth-order valence-electron chi connectivity index (χ4n) is 11.1. The number of ether oxygens (including phenoxy) is 1. The highest BCUT2D eigenvalue weighted by Crippen LogP contribution is 2.75. The van der Waals surface area contributed by atoms with Crippen molar-refractivity contribution in [3.63, 3.8) is 0 Å². The Morgan fingerprint density at radius 3 is 2.41 bits per heavy atom. The Kier molecular flexibility index (Phi) is 6.36. The molecule has 5 N–H and O–H groups in total. The molecule has 0 aromatic heterocycles. The van der Waals surface area contributed by atoms with E-state index in [4.69, 9.17) is 10.6 Å². The minimum Gasteiger partial charge on any atom is -0.481 e. The number of aliphatic hydroxyl groups is 1. The molecule has 6 nitrogen and oxygen atoms in total. The van der Waals surface area contributed by atoms with Crippen LogP contribution in [0.4, 0.5) is 0 Å². The van der Waals surface area contributed by atoms with Crippen molar-refractivity contribution in [3.8, 4) is 0 Å². The number of hydrogen-bond donors (Lipinski definition) is 4. The van der Waals surface area contributed by atoms with Gasteiger partial charge >= 0.3 is 5.97 Å². The fraction of sp³-hybridized carbons (Fsp3) is 0.903. The van der Waals surface area contributed by atoms with Crippen LogP contribution in [-0.2, 0) is 9.53 Å². The zero-order chi connectivity index (χ0) is 27.3. The number of rotatable bonds is 4. The van der Waals surface area contributed by atoms with E-state index in [1.165, 1.54) is 5.57 Å². The second kappa shape index (κ2) is 8.52. The van der Waals surface area contributed by atoms with Crippen LogP contribution in [0.2, 0.25) is 0 Å². The maximum absolute atomic E-state index is 13.2. The van der Waals surface area contributed by atoms with Gasteiger partial charge in [0.2, 0.25) is 0 Å². The Labute approximate surface area is 224 Å². The van der Waals surface area contributed by atoms with E-state index in [2.05, 4.69) is 66.9 Å². The minimum absolute atomic E-state index is 0.0426. The summed E-state index contributed by atoms with van der Waals surface area (Å²) < 4.78 is 6.50. The van der Waals surface area contributed by atoms with Crippen molar-refractivity contribution in [2.24, 2.45) is 62.5 Å². The molecular weight excluding hydrogens is 464 g/mol. The molecule has 210 valence electrons. The van der Waals surface area contributed by atoms with Gasteiger partial charge < -0.3 is 14.9 Å². The van der Waals surface area contributed by atoms with Crippen molar-refractivity contribution in [2.75, 3.05) is 6.61 Å². The molecule has 0 spiro atoms. The van der Waals surface area contributed by atoms with Crippen LogP contribution in [0.25, 0.3) is 0 Å². The molecule has 6 heteroatoms. The monoisotopic (exact) mass is 516 g/mol. The topological polar surface area (TPSA) is 105 Å². The van der Waals surface area contributed by atoms with Gasteiger partial charge in [-0.1, -0.05) is 60.1 Å². The van der Waals surface area contributed by atoms with Gasteiger partial charge in [0, 0.05) is 16.9 Å². The van der Waals surface area contributed by atoms with Crippen molar-refractivity contribution >= 4 is 5.97 Å². The number of aliphatic carboxylic acids is 1. The summed E-state index contributed by atoms with van der Waals surface area (Å²) in [5.74, 6) is 6.46. The molecule has 1 aliphatic heterocycles. The van der Waals surface area contributed by atoms with Crippen LogP contribution >= 0.6 is 0 Å². The fourth-order valence-corrected chi connectivity index (χ4v) is 11.1. The van der Waals surface area contributed by atoms with Crippen molar-refractivity contribution in [1.29, 1.82) is 0 Å². The molecule has 37 heavy (non-hydrogen) atoms. The zero-order valence-corrected chi connectivity index (χ0v) is 24.4. The van der Waals surface area contributed by atoms with E-state index in [-0.39, 0.29) is 45.1 Å². The van der Waals surface area contributed by atoms with Gasteiger partial charge in [-0.2, -0.15) is 0 Å². The minimum atomic E-state index is -0.623. The number of nitrogens with one attached hydrogen (secondary N) is 1. The molecule has 0 unspecified atom stereocenters. The van der Waals surface area contributed by atoms with Crippen LogP contribution in [0.15, 0.2) is 11.6 Å². The van der Waals surface area contributed by atoms with Gasteiger partial charge in [-0.15, -0.1) is 0 Å². The molecule has 1 heterocycles. The molecule has 5 aliphatic rings. The highest BCUT2D eigenvalue weighted by Gasteiger charge is 2.72. The molecule has 0 amide bonds. The second-order valence-electron chi connectivity index (χ2n) is 15.1. The normalized spacial score (nSPS) is 54.0. The van der Waals surface area contributed by atoms with Gasteiger partial charge in [-0.3, -0.25) is 16.1 Å². The lowest BCUT2D eigenvalue weighted by Gasteiger charge is -2.72. The maximum Gasteiger partial charge on any atom is 0.307 e. The lowest BCUT2D eigenvalue weighted by Crippen LogP contribution is -2.73. The Morgan fingerprint density at radius 2 is 1.81 bits per heavy atom. The molecule has 1 saturated heterocycles. The van der Waals surface area contributed by atoms with E-state index in [1.54, 1.807) is 0 Å². The van der Waals surface area contributed by atoms with Crippen molar-refractivity contribution < 1.29 is 19.7 Å². The molecule has 4 aliphatic carbocycles. The smallest absolute Gasteiger partial charge is 0.307 e. The summed E-state index contributed by atoms with van der Waals surface area (Å²) in [6.07, 6.45) is 7.61. The molecule has 0 radical (unpaired) electrons. The number of aliphatic hydroxyl groups excluding tert-OH is 1. The van der Waals surface area contributed by atoms with Gasteiger partial charge in [0.05, 0.1) is 24.7 Å². The lowest BCUT2D eigenvalue weighted by atomic mass is 9.33. The second-order valence-corrected chi connectivity index (χ2v) is 15.1. The first kappa shape index (κ1) is 27.6. The van der Waals surface area contributed by atoms with Crippen LogP contribution in [-0.4, -0.2) is 41.0 Å². The number of carboxylic acids is 1. The molecule has 12 atom stereocenters. The molecule has 4 fully saturated rings. The quantitative estimate of drug-likeness (QED) is 0.234. The third-order valence-electron chi connectivity index (χ3n) is 13.9. The molecular formula is C31H52N2O4. The summed E-state index contributed by atoms with van der Waals surface area (Å²) in [5.41, 5.74) is 3.26. The number of hydrazine groups is 1. The van der Waals surface area contributed by atoms with Crippen molar-refractivity contribution in [2.45, 2.75) is 112 Å². The highest BCUT2D eigenvalue weighted by atomic mass is 16.5. The van der Waals surface area contributed by atoms with Crippen LogP contribution in [0.5, 0.6) is 0 Å². The Bertz CT molecular complexity index is 982. The van der Waals surface area contributed by atoms with Gasteiger partial charge in [0.25, 0.3) is 0 Å². The van der Waals surface area contributed by atoms with E-state index in [0.717, 1.165) is 38.5 Å². The third-order valence-corrected chi connectivity index (χ3v) is 13.9. The van der Waals surface area contributed by atoms with Crippen LogP contribution in [0.1, 0.15) is 93.9 Å².